The first-order valence-corrected chi connectivity index (χ1v) is 7.53. The van der Waals surface area contributed by atoms with E-state index in [-0.39, 0.29) is 36.0 Å². The van der Waals surface area contributed by atoms with Crippen LogP contribution in [0.15, 0.2) is 22.3 Å². The van der Waals surface area contributed by atoms with Crippen molar-refractivity contribution in [1.29, 1.82) is 0 Å². The van der Waals surface area contributed by atoms with E-state index < -0.39 is 11.9 Å². The average molecular weight is 362 g/mol. The van der Waals surface area contributed by atoms with Crippen LogP contribution in [0.3, 0.4) is 0 Å². The number of carbonyl (C=O) groups is 3. The summed E-state index contributed by atoms with van der Waals surface area (Å²) in [4.78, 5) is 34.0. The quantitative estimate of drug-likeness (QED) is 0.312. The highest BCUT2D eigenvalue weighted by Gasteiger charge is 2.17. The molecule has 1 aromatic rings. The van der Waals surface area contributed by atoms with Crippen molar-refractivity contribution in [2.24, 2.45) is 10.2 Å². The molecule has 0 atom stereocenters. The highest BCUT2D eigenvalue weighted by Crippen LogP contribution is 2.38. The Bertz CT molecular complexity index is 762. The van der Waals surface area contributed by atoms with Gasteiger partial charge < -0.3 is 14.2 Å². The summed E-state index contributed by atoms with van der Waals surface area (Å²) in [6.45, 7) is 1.27. The second kappa shape index (κ2) is 8.60. The molecule has 2 rings (SSSR count). The summed E-state index contributed by atoms with van der Waals surface area (Å²) in [6.07, 6.45) is 1.44. The number of amides is 2. The van der Waals surface area contributed by atoms with Crippen molar-refractivity contribution in [3.8, 4) is 17.2 Å². The van der Waals surface area contributed by atoms with Gasteiger partial charge in [0, 0.05) is 12.5 Å². The second-order valence-corrected chi connectivity index (χ2v) is 5.21. The largest absolute Gasteiger partial charge is 0.493 e. The summed E-state index contributed by atoms with van der Waals surface area (Å²) in [5, 5.41) is 7.57. The van der Waals surface area contributed by atoms with Crippen LogP contribution in [0, 0.1) is 0 Å². The first kappa shape index (κ1) is 18.9. The molecule has 138 valence electrons. The molecule has 10 heteroatoms. The minimum Gasteiger partial charge on any atom is -0.493 e. The summed E-state index contributed by atoms with van der Waals surface area (Å²) in [5.74, 6) is -0.469. The highest BCUT2D eigenvalue weighted by atomic mass is 16.6. The van der Waals surface area contributed by atoms with E-state index in [4.69, 9.17) is 14.2 Å². The number of hydrogen-bond acceptors (Lipinski definition) is 8. The molecule has 26 heavy (non-hydrogen) atoms. The zero-order valence-corrected chi connectivity index (χ0v) is 14.5. The summed E-state index contributed by atoms with van der Waals surface area (Å²) in [6, 6.07) is 3.14. The Kier molecular flexibility index (Phi) is 6.25. The molecule has 0 saturated carbocycles. The molecule has 1 aromatic carbocycles. The van der Waals surface area contributed by atoms with Crippen LogP contribution in [0.1, 0.15) is 25.3 Å². The third kappa shape index (κ3) is 5.03. The smallest absolute Gasteiger partial charge is 0.308 e. The molecular weight excluding hydrogens is 344 g/mol. The van der Waals surface area contributed by atoms with Gasteiger partial charge in [-0.1, -0.05) is 0 Å². The molecular formula is C16H18N4O6. The normalized spacial score (nSPS) is 13.2. The first-order valence-electron chi connectivity index (χ1n) is 7.53. The van der Waals surface area contributed by atoms with Crippen LogP contribution < -0.4 is 25.1 Å². The molecule has 2 amide bonds. The molecule has 10 nitrogen and oxygen atoms in total. The fourth-order valence-corrected chi connectivity index (χ4v) is 2.13. The molecule has 0 unspecified atom stereocenters. The molecule has 0 aliphatic carbocycles. The van der Waals surface area contributed by atoms with Gasteiger partial charge in [-0.05, 0) is 12.1 Å². The number of nitrogens with zero attached hydrogens (tertiary/aromatic N) is 2. The Labute approximate surface area is 149 Å². The van der Waals surface area contributed by atoms with Gasteiger partial charge in [0.2, 0.25) is 17.6 Å². The van der Waals surface area contributed by atoms with Crippen molar-refractivity contribution in [2.45, 2.75) is 19.8 Å². The number of hydrogen-bond donors (Lipinski definition) is 2. The summed E-state index contributed by atoms with van der Waals surface area (Å²) in [5.41, 5.74) is 5.59. The van der Waals surface area contributed by atoms with Gasteiger partial charge in [-0.3, -0.25) is 14.4 Å². The Hall–Kier alpha value is -3.43. The Morgan fingerprint density at radius 2 is 1.96 bits per heavy atom. The molecule has 1 aliphatic rings. The topological polar surface area (TPSA) is 128 Å². The molecule has 0 fully saturated rings. The van der Waals surface area contributed by atoms with Crippen LogP contribution in [0.5, 0.6) is 17.2 Å². The zero-order valence-electron chi connectivity index (χ0n) is 14.5. The van der Waals surface area contributed by atoms with Crippen LogP contribution >= 0.6 is 0 Å². The molecule has 0 bridgehead atoms. The van der Waals surface area contributed by atoms with Gasteiger partial charge in [0.1, 0.15) is 0 Å². The second-order valence-electron chi connectivity index (χ2n) is 5.21. The summed E-state index contributed by atoms with van der Waals surface area (Å²) >= 11 is 0. The number of ether oxygens (including phenoxy) is 3. The molecule has 0 spiro atoms. The van der Waals surface area contributed by atoms with Gasteiger partial charge in [-0.25, -0.2) is 10.9 Å². The molecule has 1 aliphatic heterocycles. The minimum atomic E-state index is -0.516. The average Bonchev–Trinajstić information content (AvgIpc) is 2.99. The molecule has 2 N–H and O–H groups in total. The number of rotatable bonds is 7. The van der Waals surface area contributed by atoms with E-state index in [0.717, 1.165) is 0 Å². The number of hydrazone groups is 2. The Balaban J connectivity index is 2.06. The monoisotopic (exact) mass is 362 g/mol. The summed E-state index contributed by atoms with van der Waals surface area (Å²) in [7, 11) is 2.84. The van der Waals surface area contributed by atoms with E-state index in [2.05, 4.69) is 21.1 Å². The predicted octanol–water partition coefficient (Wildman–Crippen LogP) is 0.345. The van der Waals surface area contributed by atoms with Gasteiger partial charge in [-0.2, -0.15) is 10.2 Å². The lowest BCUT2D eigenvalue weighted by atomic mass is 10.2. The van der Waals surface area contributed by atoms with Gasteiger partial charge >= 0.3 is 5.97 Å². The number of methoxy groups -OCH3 is 2. The lowest BCUT2D eigenvalue weighted by molar-refractivity contribution is -0.132. The van der Waals surface area contributed by atoms with E-state index in [0.29, 0.717) is 11.3 Å². The predicted molar refractivity (Wildman–Crippen MR) is 91.4 cm³/mol. The van der Waals surface area contributed by atoms with Crippen LogP contribution in [0.4, 0.5) is 0 Å². The maximum absolute atomic E-state index is 11.8. The van der Waals surface area contributed by atoms with E-state index >= 15 is 0 Å². The summed E-state index contributed by atoms with van der Waals surface area (Å²) < 4.78 is 15.5. The standard InChI is InChI=1S/C16H18N4O6/c1-9(21)26-16-12(24-2)4-10(5-13(16)25-3)8-17-19-14(22)6-11-7-15(23)20-18-11/h4-5,8H,6-7H2,1-3H3,(H,19,22)(H,20,23). The molecule has 0 saturated heterocycles. The molecule has 1 heterocycles. The van der Waals surface area contributed by atoms with E-state index in [1.165, 1.54) is 27.4 Å². The number of esters is 1. The van der Waals surface area contributed by atoms with Gasteiger partial charge in [-0.15, -0.1) is 0 Å². The van der Waals surface area contributed by atoms with Crippen molar-refractivity contribution >= 4 is 29.7 Å². The molecule has 0 aromatic heterocycles. The third-order valence-corrected chi connectivity index (χ3v) is 3.20. The lowest BCUT2D eigenvalue weighted by Gasteiger charge is -2.13. The van der Waals surface area contributed by atoms with Crippen molar-refractivity contribution in [2.75, 3.05) is 14.2 Å². The SMILES string of the molecule is COc1cc(C=NNC(=O)CC2=NNC(=O)C2)cc(OC)c1OC(C)=O. The van der Waals surface area contributed by atoms with Crippen molar-refractivity contribution < 1.29 is 28.6 Å². The van der Waals surface area contributed by atoms with Gasteiger partial charge in [0.15, 0.2) is 11.5 Å². The minimum absolute atomic E-state index is 0.0336. The fraction of sp³-hybridized carbons (Fsp3) is 0.312. The number of benzene rings is 1. The molecule has 0 radical (unpaired) electrons. The van der Waals surface area contributed by atoms with E-state index in [1.54, 1.807) is 12.1 Å². The zero-order chi connectivity index (χ0) is 19.1. The number of carbonyl (C=O) groups excluding carboxylic acids is 3. The lowest BCUT2D eigenvalue weighted by Crippen LogP contribution is -2.20. The number of nitrogens with one attached hydrogen (secondary N) is 2. The highest BCUT2D eigenvalue weighted by molar-refractivity contribution is 6.11. The third-order valence-electron chi connectivity index (χ3n) is 3.20. The van der Waals surface area contributed by atoms with Crippen molar-refractivity contribution in [3.63, 3.8) is 0 Å². The van der Waals surface area contributed by atoms with Crippen LogP contribution in [0.2, 0.25) is 0 Å². The maximum atomic E-state index is 11.8. The van der Waals surface area contributed by atoms with E-state index in [1.807, 2.05) is 0 Å². The van der Waals surface area contributed by atoms with Crippen LogP contribution in [0.25, 0.3) is 0 Å². The van der Waals surface area contributed by atoms with Gasteiger partial charge in [0.05, 0.1) is 39.0 Å². The maximum Gasteiger partial charge on any atom is 0.308 e. The Morgan fingerprint density at radius 3 is 2.46 bits per heavy atom. The Morgan fingerprint density at radius 1 is 1.31 bits per heavy atom. The first-order chi connectivity index (χ1) is 12.4. The van der Waals surface area contributed by atoms with Gasteiger partial charge in [0.25, 0.3) is 0 Å². The van der Waals surface area contributed by atoms with E-state index in [9.17, 15) is 14.4 Å². The van der Waals surface area contributed by atoms with Crippen molar-refractivity contribution in [1.82, 2.24) is 10.9 Å². The van der Waals surface area contributed by atoms with Crippen LogP contribution in [-0.4, -0.2) is 43.9 Å². The van der Waals surface area contributed by atoms with Crippen LogP contribution in [-0.2, 0) is 14.4 Å². The van der Waals surface area contributed by atoms with Crippen molar-refractivity contribution in [3.05, 3.63) is 17.7 Å². The fourth-order valence-electron chi connectivity index (χ4n) is 2.13.